The Labute approximate surface area is 173 Å². The Morgan fingerprint density at radius 1 is 0.867 bits per heavy atom. The van der Waals surface area contributed by atoms with Crippen molar-refractivity contribution in [2.75, 3.05) is 6.61 Å². The molecular formula is C24H21NO5. The van der Waals surface area contributed by atoms with Crippen LogP contribution in [0.5, 0.6) is 0 Å². The van der Waals surface area contributed by atoms with Gasteiger partial charge in [-0.05, 0) is 27.8 Å². The van der Waals surface area contributed by atoms with E-state index in [-0.39, 0.29) is 12.5 Å². The van der Waals surface area contributed by atoms with E-state index in [0.29, 0.717) is 5.56 Å². The molecule has 152 valence electrons. The minimum atomic E-state index is -1.52. The lowest BCUT2D eigenvalue weighted by Gasteiger charge is -2.21. The molecule has 1 amide bonds. The number of carbonyl (C=O) groups is 2. The van der Waals surface area contributed by atoms with Crippen LogP contribution in [-0.4, -0.2) is 34.9 Å². The van der Waals surface area contributed by atoms with Gasteiger partial charge in [0.2, 0.25) is 0 Å². The van der Waals surface area contributed by atoms with Crippen LogP contribution in [-0.2, 0) is 9.53 Å². The highest BCUT2D eigenvalue weighted by Gasteiger charge is 2.32. The van der Waals surface area contributed by atoms with E-state index in [1.165, 1.54) is 0 Å². The topological polar surface area (TPSA) is 95.9 Å². The number of hydrogen-bond acceptors (Lipinski definition) is 4. The zero-order valence-electron chi connectivity index (χ0n) is 16.1. The number of fused-ring (bicyclic) bond motifs is 3. The SMILES string of the molecule is O=C(N[C@@H](C(=O)O)[C@@H](O)c1ccccc1)OCC1c2ccccc2-c2ccccc21. The number of alkyl carbamates (subject to hydrolysis) is 1. The van der Waals surface area contributed by atoms with Crippen molar-refractivity contribution >= 4 is 12.1 Å². The van der Waals surface area contributed by atoms with Gasteiger partial charge < -0.3 is 20.3 Å². The molecule has 0 saturated heterocycles. The Bertz CT molecular complexity index is 1020. The van der Waals surface area contributed by atoms with E-state index in [0.717, 1.165) is 22.3 Å². The molecule has 3 N–H and O–H groups in total. The Morgan fingerprint density at radius 2 is 1.40 bits per heavy atom. The highest BCUT2D eigenvalue weighted by molar-refractivity contribution is 5.81. The van der Waals surface area contributed by atoms with Crippen molar-refractivity contribution in [3.63, 3.8) is 0 Å². The van der Waals surface area contributed by atoms with Gasteiger partial charge in [-0.3, -0.25) is 0 Å². The third kappa shape index (κ3) is 3.77. The summed E-state index contributed by atoms with van der Waals surface area (Å²) in [6, 6.07) is 22.7. The van der Waals surface area contributed by atoms with Gasteiger partial charge in [-0.1, -0.05) is 78.9 Å². The fourth-order valence-corrected chi connectivity index (χ4v) is 3.89. The average molecular weight is 403 g/mol. The monoisotopic (exact) mass is 403 g/mol. The summed E-state index contributed by atoms with van der Waals surface area (Å²) in [5.41, 5.74) is 4.72. The molecule has 4 rings (SSSR count). The summed E-state index contributed by atoms with van der Waals surface area (Å²) in [4.78, 5) is 24.0. The predicted octanol–water partition coefficient (Wildman–Crippen LogP) is 3.71. The zero-order chi connectivity index (χ0) is 21.1. The van der Waals surface area contributed by atoms with Crippen LogP contribution in [0.2, 0.25) is 0 Å². The number of aliphatic carboxylic acids is 1. The Balaban J connectivity index is 1.46. The number of aliphatic hydroxyl groups is 1. The fraction of sp³-hybridized carbons (Fsp3) is 0.167. The van der Waals surface area contributed by atoms with Crippen LogP contribution in [0.3, 0.4) is 0 Å². The van der Waals surface area contributed by atoms with E-state index < -0.39 is 24.2 Å². The number of amides is 1. The Morgan fingerprint density at radius 3 is 1.97 bits per heavy atom. The van der Waals surface area contributed by atoms with Crippen molar-refractivity contribution in [3.05, 3.63) is 95.6 Å². The Kier molecular flexibility index (Phi) is 5.50. The van der Waals surface area contributed by atoms with Crippen LogP contribution >= 0.6 is 0 Å². The number of nitrogens with one attached hydrogen (secondary N) is 1. The average Bonchev–Trinajstić information content (AvgIpc) is 3.10. The molecule has 0 radical (unpaired) electrons. The largest absolute Gasteiger partial charge is 0.480 e. The van der Waals surface area contributed by atoms with Gasteiger partial charge in [0, 0.05) is 5.92 Å². The van der Waals surface area contributed by atoms with Crippen molar-refractivity contribution in [1.29, 1.82) is 0 Å². The maximum Gasteiger partial charge on any atom is 0.407 e. The Hall–Kier alpha value is -3.64. The summed E-state index contributed by atoms with van der Waals surface area (Å²) in [6.45, 7) is 0.0631. The fourth-order valence-electron chi connectivity index (χ4n) is 3.89. The third-order valence-corrected chi connectivity index (χ3v) is 5.34. The lowest BCUT2D eigenvalue weighted by Crippen LogP contribution is -2.45. The molecule has 30 heavy (non-hydrogen) atoms. The number of benzene rings is 3. The second-order valence-corrected chi connectivity index (χ2v) is 7.14. The maximum absolute atomic E-state index is 12.4. The molecule has 6 heteroatoms. The van der Waals surface area contributed by atoms with Gasteiger partial charge in [-0.15, -0.1) is 0 Å². The van der Waals surface area contributed by atoms with Gasteiger partial charge >= 0.3 is 12.1 Å². The molecule has 0 unspecified atom stereocenters. The van der Waals surface area contributed by atoms with Crippen molar-refractivity contribution in [2.45, 2.75) is 18.1 Å². The van der Waals surface area contributed by atoms with Gasteiger partial charge in [0.25, 0.3) is 0 Å². The first kappa shape index (κ1) is 19.7. The number of carbonyl (C=O) groups excluding carboxylic acids is 1. The van der Waals surface area contributed by atoms with Gasteiger partial charge in [0.05, 0.1) is 0 Å². The van der Waals surface area contributed by atoms with Crippen LogP contribution in [0.15, 0.2) is 78.9 Å². The van der Waals surface area contributed by atoms with Crippen LogP contribution in [0.1, 0.15) is 28.7 Å². The quantitative estimate of drug-likeness (QED) is 0.583. The van der Waals surface area contributed by atoms with Crippen LogP contribution < -0.4 is 5.32 Å². The predicted molar refractivity (Wildman–Crippen MR) is 111 cm³/mol. The molecule has 6 nitrogen and oxygen atoms in total. The maximum atomic E-state index is 12.4. The van der Waals surface area contributed by atoms with Gasteiger partial charge in [-0.2, -0.15) is 0 Å². The lowest BCUT2D eigenvalue weighted by atomic mass is 9.98. The minimum Gasteiger partial charge on any atom is -0.480 e. The first-order valence-electron chi connectivity index (χ1n) is 9.63. The molecular weight excluding hydrogens is 382 g/mol. The molecule has 0 aromatic heterocycles. The van der Waals surface area contributed by atoms with Gasteiger partial charge in [0.1, 0.15) is 12.7 Å². The summed E-state index contributed by atoms with van der Waals surface area (Å²) < 4.78 is 5.38. The van der Waals surface area contributed by atoms with Crippen molar-refractivity contribution < 1.29 is 24.5 Å². The molecule has 0 aliphatic heterocycles. The number of ether oxygens (including phenoxy) is 1. The normalized spacial score (nSPS) is 14.3. The highest BCUT2D eigenvalue weighted by atomic mass is 16.5. The second kappa shape index (κ2) is 8.39. The summed E-state index contributed by atoms with van der Waals surface area (Å²) >= 11 is 0. The van der Waals surface area contributed by atoms with Crippen molar-refractivity contribution in [3.8, 4) is 11.1 Å². The molecule has 0 fully saturated rings. The van der Waals surface area contributed by atoms with E-state index in [1.54, 1.807) is 30.3 Å². The number of carboxylic acid groups (broad SMARTS) is 1. The van der Waals surface area contributed by atoms with Gasteiger partial charge in [-0.25, -0.2) is 9.59 Å². The minimum absolute atomic E-state index is 0.0631. The van der Waals surface area contributed by atoms with Crippen molar-refractivity contribution in [1.82, 2.24) is 5.32 Å². The molecule has 2 atom stereocenters. The summed E-state index contributed by atoms with van der Waals surface area (Å²) in [7, 11) is 0. The molecule has 1 aliphatic rings. The van der Waals surface area contributed by atoms with E-state index in [9.17, 15) is 19.8 Å². The summed E-state index contributed by atoms with van der Waals surface area (Å²) in [5, 5.41) is 22.1. The van der Waals surface area contributed by atoms with Crippen LogP contribution in [0.4, 0.5) is 4.79 Å². The first-order chi connectivity index (χ1) is 14.6. The first-order valence-corrected chi connectivity index (χ1v) is 9.63. The summed E-state index contributed by atoms with van der Waals surface area (Å²) in [5.74, 6) is -1.48. The second-order valence-electron chi connectivity index (χ2n) is 7.14. The van der Waals surface area contributed by atoms with Crippen LogP contribution in [0.25, 0.3) is 11.1 Å². The van der Waals surface area contributed by atoms with E-state index >= 15 is 0 Å². The number of aliphatic hydroxyl groups excluding tert-OH is 1. The zero-order valence-corrected chi connectivity index (χ0v) is 16.1. The molecule has 3 aromatic carbocycles. The van der Waals surface area contributed by atoms with Crippen molar-refractivity contribution in [2.24, 2.45) is 0 Å². The molecule has 0 spiro atoms. The smallest absolute Gasteiger partial charge is 0.407 e. The van der Waals surface area contributed by atoms with Crippen LogP contribution in [0, 0.1) is 0 Å². The molecule has 0 saturated carbocycles. The summed E-state index contributed by atoms with van der Waals surface area (Å²) in [6.07, 6.45) is -2.29. The molecule has 3 aromatic rings. The van der Waals surface area contributed by atoms with E-state index in [4.69, 9.17) is 4.74 Å². The standard InChI is InChI=1S/C24H21NO5/c26-22(15-8-2-1-3-9-15)21(23(27)28)25-24(29)30-14-20-18-12-6-4-10-16(18)17-11-5-7-13-19(17)20/h1-13,20-22,26H,14H2,(H,25,29)(H,27,28)/t21-,22+/m1/s1. The third-order valence-electron chi connectivity index (χ3n) is 5.34. The van der Waals surface area contributed by atoms with E-state index in [1.807, 2.05) is 48.5 Å². The highest BCUT2D eigenvalue weighted by Crippen LogP contribution is 2.44. The number of carboxylic acids is 1. The molecule has 0 bridgehead atoms. The number of rotatable bonds is 6. The van der Waals surface area contributed by atoms with Gasteiger partial charge in [0.15, 0.2) is 6.04 Å². The van der Waals surface area contributed by atoms with E-state index in [2.05, 4.69) is 5.32 Å². The molecule has 1 aliphatic carbocycles. The number of hydrogen-bond donors (Lipinski definition) is 3. The lowest BCUT2D eigenvalue weighted by molar-refractivity contribution is -0.142. The molecule has 0 heterocycles.